The Hall–Kier alpha value is -10.3. The van der Waals surface area contributed by atoms with Gasteiger partial charge in [-0.05, 0) is 477 Å². The third-order valence-electron chi connectivity index (χ3n) is 31.6. The highest BCUT2D eigenvalue weighted by Gasteiger charge is 2.70. The van der Waals surface area contributed by atoms with Gasteiger partial charge in [0, 0.05) is 16.2 Å². The van der Waals surface area contributed by atoms with Gasteiger partial charge in [-0.15, -0.1) is 0 Å². The topological polar surface area (TPSA) is 283 Å². The van der Waals surface area contributed by atoms with Crippen molar-refractivity contribution >= 4 is 139 Å². The molecule has 14 aromatic rings. The van der Waals surface area contributed by atoms with E-state index in [9.17, 15) is 71.5 Å². The Bertz CT molecular complexity index is 7020. The lowest BCUT2D eigenvalue weighted by atomic mass is 9.35. The first-order valence-corrected chi connectivity index (χ1v) is 54.7. The molecule has 0 spiro atoms. The minimum absolute atomic E-state index is 0.00444. The van der Waals surface area contributed by atoms with E-state index < -0.39 is 61.7 Å². The van der Waals surface area contributed by atoms with Crippen LogP contribution in [0.25, 0.3) is 5.57 Å². The Balaban J connectivity index is 1.44. The lowest BCUT2D eigenvalue weighted by Crippen LogP contribution is -2.63. The molecule has 147 heavy (non-hydrogen) atoms. The van der Waals surface area contributed by atoms with Crippen LogP contribution in [-0.2, 0) is 66.6 Å². The smallest absolute Gasteiger partial charge is 0.152 e. The number of aryl methyl sites for hydroxylation is 11. The number of hydrogen-bond acceptors (Lipinski definition) is 14. The highest BCUT2D eigenvalue weighted by atomic mass is 79.9. The van der Waals surface area contributed by atoms with Crippen molar-refractivity contribution in [3.63, 3.8) is 0 Å². The number of benzene rings is 14. The maximum absolute atomic E-state index is 13.6. The zero-order valence-electron chi connectivity index (χ0n) is 84.5. The summed E-state index contributed by atoms with van der Waals surface area (Å²) < 4.78 is 0.671. The largest absolute Gasteiger partial charge is 0.508 e. The summed E-state index contributed by atoms with van der Waals surface area (Å²) in [4.78, 5) is 0. The van der Waals surface area contributed by atoms with Crippen molar-refractivity contribution in [1.82, 2.24) is 0 Å². The van der Waals surface area contributed by atoms with Gasteiger partial charge in [0.2, 0.25) is 0 Å². The standard InChI is InChI=1S/C123H124Br4Cl6O14/c1-15-76-47-84(48-77(16-2)112(76)142)72(11)118(12,89-49-78(17-3)113(143)79(18-4)50-89)63-122(62-86(85-41-70(9)111(141)71(10)42-85)45-75-39-68(7)110(140)69(8)40-75,65-120(14,90-56-102(130)116(146)103(131)57-90)91-58-104(132)117(147)105(133)59-91)123(92-52-96(124)114(144)97(125)53-92,93-54-98(126)115(145)99(127)55-93)121(60-82(80-26-33-95(135)34-27-80)24-19-73-21-31-94(134)32-22-73,64-119(13,87-29-37-106(136)66(5)43-87)88-30-38-107(137)67(6)44-88)61-83(81-28-36-109(139)101(129)51-81)25-20-74-23-35-108(138)100(128)46-74/h21-24,26-44,46-59,72,83,86,134-147H,15-20,25,45,60-65H2,1-14H3. The Morgan fingerprint density at radius 1 is 0.320 bits per heavy atom. The van der Waals surface area contributed by atoms with Crippen molar-refractivity contribution in [1.29, 1.82) is 0 Å². The molecule has 14 rings (SSSR count). The fourth-order valence-electron chi connectivity index (χ4n) is 23.7. The number of hydrogen-bond donors (Lipinski definition) is 14. The van der Waals surface area contributed by atoms with E-state index >= 15 is 0 Å². The second-order valence-corrected chi connectivity index (χ2v) is 46.9. The van der Waals surface area contributed by atoms with Crippen molar-refractivity contribution in [3.05, 3.63) is 406 Å². The first-order chi connectivity index (χ1) is 69.4. The fourth-order valence-corrected chi connectivity index (χ4v) is 27.5. The SMILES string of the molecule is CCc1cc(C(C)C(C)(CC(CC(Cc2cc(C)c(O)c(C)c2)c2cc(C)c(O)c(C)c2)(CC(C)(c2cc(Cl)c(O)c(Cl)c2)c2cc(Cl)c(O)c(Cl)c2)C(c2cc(Br)c(O)c(Br)c2)(c2cc(Br)c(O)c(Br)c2)C(CC(=CCc2ccc(O)cc2)c2ccc(O)cc2)(CC(CCc2ccc(O)c(Cl)c2)c2ccc(O)c(Cl)c2)CC(C)(c2ccc(O)c(C)c2)c2ccc(O)c(C)c2)c2cc(CC)c(O)c(CC)c2)cc(CC)c1O. The zero-order chi connectivity index (χ0) is 107. The quantitative estimate of drug-likeness (QED) is 0.0172. The van der Waals surface area contributed by atoms with Crippen LogP contribution in [0.15, 0.2) is 242 Å². The number of aromatic hydroxyl groups is 14. The van der Waals surface area contributed by atoms with Crippen molar-refractivity contribution < 1.29 is 71.5 Å². The number of rotatable bonds is 37. The van der Waals surface area contributed by atoms with Crippen molar-refractivity contribution in [3.8, 4) is 80.5 Å². The summed E-state index contributed by atoms with van der Waals surface area (Å²) in [6.07, 6.45) is 3.48. The molecular weight excluding hydrogens is 2230 g/mol. The van der Waals surface area contributed by atoms with Crippen molar-refractivity contribution in [2.24, 2.45) is 10.8 Å². The Labute approximate surface area is 925 Å². The van der Waals surface area contributed by atoms with Gasteiger partial charge >= 0.3 is 0 Å². The summed E-state index contributed by atoms with van der Waals surface area (Å²) in [5.74, 6) is -4.06. The van der Waals surface area contributed by atoms with Crippen LogP contribution in [0.5, 0.6) is 80.5 Å². The van der Waals surface area contributed by atoms with Crippen LogP contribution in [0.3, 0.4) is 0 Å². The molecule has 0 aliphatic heterocycles. The van der Waals surface area contributed by atoms with Crippen LogP contribution in [-0.4, -0.2) is 71.5 Å². The van der Waals surface area contributed by atoms with Gasteiger partial charge in [-0.2, -0.15) is 0 Å². The average Bonchev–Trinajstić information content (AvgIpc) is 0.665. The van der Waals surface area contributed by atoms with Gasteiger partial charge in [0.15, 0.2) is 11.5 Å². The lowest BCUT2D eigenvalue weighted by Gasteiger charge is -2.68. The minimum atomic E-state index is -2.24. The van der Waals surface area contributed by atoms with Crippen LogP contribution in [0, 0.1) is 52.4 Å². The van der Waals surface area contributed by atoms with Crippen molar-refractivity contribution in [2.75, 3.05) is 0 Å². The molecule has 14 aromatic carbocycles. The van der Waals surface area contributed by atoms with Gasteiger partial charge in [0.05, 0.1) is 48.0 Å². The molecule has 770 valence electrons. The molecule has 6 atom stereocenters. The molecule has 0 aliphatic rings. The van der Waals surface area contributed by atoms with E-state index in [1.807, 2.05) is 185 Å². The number of phenolic OH excluding ortho intramolecular Hbond substituents is 14. The van der Waals surface area contributed by atoms with Crippen LogP contribution in [0.4, 0.5) is 0 Å². The molecule has 6 unspecified atom stereocenters. The van der Waals surface area contributed by atoms with E-state index in [4.69, 9.17) is 69.6 Å². The van der Waals surface area contributed by atoms with Crippen molar-refractivity contribution in [2.45, 2.75) is 226 Å². The molecule has 0 radical (unpaired) electrons. The first-order valence-electron chi connectivity index (χ1n) is 49.3. The second-order valence-electron chi connectivity index (χ2n) is 41.0. The minimum Gasteiger partial charge on any atom is -0.508 e. The van der Waals surface area contributed by atoms with Gasteiger partial charge < -0.3 is 71.5 Å². The third-order valence-corrected chi connectivity index (χ3v) is 35.7. The lowest BCUT2D eigenvalue weighted by molar-refractivity contribution is -0.0598. The molecule has 0 aromatic heterocycles. The summed E-state index contributed by atoms with van der Waals surface area (Å²) in [6, 6.07) is 66.6. The number of allylic oxidation sites excluding steroid dienone is 2. The number of phenols is 14. The molecule has 0 amide bonds. The van der Waals surface area contributed by atoms with Crippen LogP contribution >= 0.6 is 133 Å². The Kier molecular flexibility index (Phi) is 34.7. The fraction of sp³-hybridized carbons (Fsp3) is 0.301. The third kappa shape index (κ3) is 22.7. The highest BCUT2D eigenvalue weighted by molar-refractivity contribution is 9.11. The highest BCUT2D eigenvalue weighted by Crippen LogP contribution is 2.76. The van der Waals surface area contributed by atoms with Crippen LogP contribution in [0.2, 0.25) is 30.1 Å². The zero-order valence-corrected chi connectivity index (χ0v) is 95.4. The molecule has 0 fully saturated rings. The predicted octanol–water partition coefficient (Wildman–Crippen LogP) is 34.8. The van der Waals surface area contributed by atoms with Gasteiger partial charge in [0.1, 0.15) is 69.0 Å². The molecule has 24 heteroatoms. The van der Waals surface area contributed by atoms with E-state index in [1.165, 1.54) is 0 Å². The van der Waals surface area contributed by atoms with Gasteiger partial charge in [0.25, 0.3) is 0 Å². The molecule has 0 aliphatic carbocycles. The van der Waals surface area contributed by atoms with E-state index in [2.05, 4.69) is 115 Å². The van der Waals surface area contributed by atoms with Gasteiger partial charge in [-0.25, -0.2) is 0 Å². The number of halogens is 10. The summed E-state index contributed by atoms with van der Waals surface area (Å²) in [5.41, 5.74) is 3.93. The van der Waals surface area contributed by atoms with E-state index in [0.717, 1.165) is 27.8 Å². The summed E-state index contributed by atoms with van der Waals surface area (Å²) in [7, 11) is 0. The molecule has 0 saturated heterocycles. The second kappa shape index (κ2) is 45.5. The Morgan fingerprint density at radius 3 is 1.15 bits per heavy atom. The van der Waals surface area contributed by atoms with E-state index in [1.54, 1.807) is 84.9 Å². The predicted molar refractivity (Wildman–Crippen MR) is 612 cm³/mol. The molecule has 0 bridgehead atoms. The van der Waals surface area contributed by atoms with Gasteiger partial charge in [-0.1, -0.05) is 240 Å². The molecule has 14 nitrogen and oxygen atoms in total. The summed E-state index contributed by atoms with van der Waals surface area (Å²) in [6.45, 7) is 27.9. The van der Waals surface area contributed by atoms with Crippen LogP contribution in [0.1, 0.15) is 252 Å². The molecule has 14 N–H and O–H groups in total. The van der Waals surface area contributed by atoms with E-state index in [0.29, 0.717) is 137 Å². The van der Waals surface area contributed by atoms with E-state index in [-0.39, 0.29) is 181 Å². The average molecular weight is 2360 g/mol. The summed E-state index contributed by atoms with van der Waals surface area (Å²) in [5, 5.41) is 175. The van der Waals surface area contributed by atoms with Crippen LogP contribution < -0.4 is 0 Å². The maximum Gasteiger partial charge on any atom is 0.152 e. The van der Waals surface area contributed by atoms with Gasteiger partial charge in [-0.3, -0.25) is 0 Å². The molecular formula is C123H124Br4Cl6O14. The maximum atomic E-state index is 13.6. The molecule has 0 heterocycles. The first kappa shape index (κ1) is 112. The normalized spacial score (nSPS) is 14.1. The molecule has 0 saturated carbocycles. The Morgan fingerprint density at radius 2 is 0.714 bits per heavy atom. The summed E-state index contributed by atoms with van der Waals surface area (Å²) >= 11 is 62.7. The monoisotopic (exact) mass is 2350 g/mol.